The summed E-state index contributed by atoms with van der Waals surface area (Å²) in [5.41, 5.74) is 3.88. The van der Waals surface area contributed by atoms with Crippen molar-refractivity contribution in [2.45, 2.75) is 6.61 Å². The Morgan fingerprint density at radius 2 is 1.82 bits per heavy atom. The molecule has 0 atom stereocenters. The molecule has 0 aliphatic carbocycles. The first-order valence-corrected chi connectivity index (χ1v) is 10.5. The van der Waals surface area contributed by atoms with Gasteiger partial charge < -0.3 is 24.4 Å². The number of ether oxygens (including phenoxy) is 3. The maximum absolute atomic E-state index is 9.85. The Morgan fingerprint density at radius 1 is 0.971 bits per heavy atom. The average Bonchev–Trinajstić information content (AvgIpc) is 2.87. The number of rotatable bonds is 8. The number of aromatic nitrogens is 3. The van der Waals surface area contributed by atoms with Gasteiger partial charge in [0.25, 0.3) is 0 Å². The lowest BCUT2D eigenvalue weighted by atomic mass is 10.1. The normalized spacial score (nSPS) is 10.4. The molecule has 9 nitrogen and oxygen atoms in total. The van der Waals surface area contributed by atoms with E-state index in [1.165, 1.54) is 0 Å². The van der Waals surface area contributed by atoms with E-state index in [-0.39, 0.29) is 0 Å². The highest BCUT2D eigenvalue weighted by atomic mass is 16.5. The van der Waals surface area contributed by atoms with Gasteiger partial charge in [-0.3, -0.25) is 4.98 Å². The van der Waals surface area contributed by atoms with Crippen molar-refractivity contribution < 1.29 is 14.2 Å². The van der Waals surface area contributed by atoms with Gasteiger partial charge >= 0.3 is 0 Å². The summed E-state index contributed by atoms with van der Waals surface area (Å²) in [5, 5.41) is 13.1. The zero-order valence-corrected chi connectivity index (χ0v) is 19.4. The van der Waals surface area contributed by atoms with Crippen molar-refractivity contribution in [3.63, 3.8) is 0 Å². The Balaban J connectivity index is 1.57. The van der Waals surface area contributed by atoms with Crippen LogP contribution in [0.1, 0.15) is 11.1 Å². The summed E-state index contributed by atoms with van der Waals surface area (Å²) in [6, 6.07) is 15.1. The summed E-state index contributed by atoms with van der Waals surface area (Å²) >= 11 is 0. The number of nitrogens with one attached hydrogen (secondary N) is 1. The quantitative estimate of drug-likeness (QED) is 0.415. The molecule has 0 aliphatic heterocycles. The molecule has 0 bridgehead atoms. The van der Waals surface area contributed by atoms with Crippen LogP contribution < -0.4 is 24.4 Å². The maximum atomic E-state index is 9.85. The van der Waals surface area contributed by atoms with Gasteiger partial charge in [-0.05, 0) is 30.3 Å². The van der Waals surface area contributed by atoms with Crippen molar-refractivity contribution in [2.75, 3.05) is 38.5 Å². The fourth-order valence-corrected chi connectivity index (χ4v) is 3.30. The first-order chi connectivity index (χ1) is 16.5. The minimum Gasteiger partial charge on any atom is -0.493 e. The molecule has 0 saturated heterocycles. The topological polar surface area (TPSA) is 105 Å². The second kappa shape index (κ2) is 9.92. The lowest BCUT2D eigenvalue weighted by Crippen LogP contribution is -2.11. The van der Waals surface area contributed by atoms with Crippen LogP contribution in [0.5, 0.6) is 17.4 Å². The third-order valence-electron chi connectivity index (χ3n) is 5.12. The average molecular weight is 457 g/mol. The highest BCUT2D eigenvalue weighted by Gasteiger charge is 2.13. The van der Waals surface area contributed by atoms with Crippen LogP contribution in [0, 0.1) is 11.3 Å². The minimum absolute atomic E-state index is 0.330. The van der Waals surface area contributed by atoms with Crippen LogP contribution >= 0.6 is 0 Å². The smallest absolute Gasteiger partial charge is 0.212 e. The van der Waals surface area contributed by atoms with Crippen LogP contribution in [-0.2, 0) is 6.61 Å². The van der Waals surface area contributed by atoms with Crippen LogP contribution in [0.4, 0.5) is 17.2 Å². The zero-order chi connectivity index (χ0) is 24.1. The predicted octanol–water partition coefficient (Wildman–Crippen LogP) is 4.30. The van der Waals surface area contributed by atoms with Gasteiger partial charge in [-0.25, -0.2) is 9.97 Å². The predicted molar refractivity (Wildman–Crippen MR) is 130 cm³/mol. The molecule has 2 aromatic heterocycles. The number of benzene rings is 2. The van der Waals surface area contributed by atoms with Crippen molar-refractivity contribution in [1.29, 1.82) is 5.26 Å². The molecule has 1 N–H and O–H groups in total. The van der Waals surface area contributed by atoms with Crippen molar-refractivity contribution in [3.8, 4) is 23.4 Å². The molecule has 0 aliphatic rings. The number of fused-ring (bicyclic) bond motifs is 1. The lowest BCUT2D eigenvalue weighted by Gasteiger charge is -2.15. The molecule has 4 aromatic rings. The van der Waals surface area contributed by atoms with Gasteiger partial charge in [0, 0.05) is 43.7 Å². The van der Waals surface area contributed by atoms with Crippen molar-refractivity contribution in [3.05, 3.63) is 66.0 Å². The molecule has 4 rings (SSSR count). The van der Waals surface area contributed by atoms with E-state index >= 15 is 0 Å². The highest BCUT2D eigenvalue weighted by molar-refractivity contribution is 5.89. The van der Waals surface area contributed by atoms with E-state index in [9.17, 15) is 5.26 Å². The van der Waals surface area contributed by atoms with Crippen LogP contribution in [0.2, 0.25) is 0 Å². The number of hydrogen-bond donors (Lipinski definition) is 1. The number of methoxy groups -OCH3 is 2. The Morgan fingerprint density at radius 3 is 2.50 bits per heavy atom. The van der Waals surface area contributed by atoms with E-state index in [0.717, 1.165) is 11.3 Å². The van der Waals surface area contributed by atoms with E-state index in [0.29, 0.717) is 52.1 Å². The molecule has 0 amide bonds. The first-order valence-electron chi connectivity index (χ1n) is 10.5. The van der Waals surface area contributed by atoms with Crippen LogP contribution in [0.15, 0.2) is 54.9 Å². The van der Waals surface area contributed by atoms with Gasteiger partial charge in [0.1, 0.15) is 29.6 Å². The summed E-state index contributed by atoms with van der Waals surface area (Å²) < 4.78 is 16.5. The van der Waals surface area contributed by atoms with Gasteiger partial charge in [-0.2, -0.15) is 5.26 Å². The number of nitrogens with zero attached hydrogens (tertiary/aromatic N) is 5. The Labute approximate surface area is 197 Å². The monoisotopic (exact) mass is 456 g/mol. The van der Waals surface area contributed by atoms with E-state index in [1.807, 2.05) is 55.4 Å². The molecular formula is C25H24N6O3. The molecule has 2 aromatic carbocycles. The largest absolute Gasteiger partial charge is 0.493 e. The fourth-order valence-electron chi connectivity index (χ4n) is 3.30. The molecule has 0 fully saturated rings. The van der Waals surface area contributed by atoms with Crippen molar-refractivity contribution in [2.24, 2.45) is 0 Å². The number of anilines is 3. The molecular weight excluding hydrogens is 432 g/mol. The summed E-state index contributed by atoms with van der Waals surface area (Å²) in [5.74, 6) is 2.37. The lowest BCUT2D eigenvalue weighted by molar-refractivity contribution is 0.284. The summed E-state index contributed by atoms with van der Waals surface area (Å²) in [4.78, 5) is 15.1. The number of pyridine rings is 1. The minimum atomic E-state index is 0.330. The van der Waals surface area contributed by atoms with Gasteiger partial charge in [0.15, 0.2) is 11.5 Å². The third-order valence-corrected chi connectivity index (χ3v) is 5.12. The van der Waals surface area contributed by atoms with Gasteiger partial charge in [-0.15, -0.1) is 0 Å². The molecule has 0 unspecified atom stereocenters. The maximum Gasteiger partial charge on any atom is 0.212 e. The molecule has 34 heavy (non-hydrogen) atoms. The van der Waals surface area contributed by atoms with Gasteiger partial charge in [0.2, 0.25) is 5.88 Å². The SMILES string of the molecule is COc1ccc(COc2ccc(Nc3ccc4ncc(N(C)C)nc4c3C#N)cc2OC)cn1. The first kappa shape index (κ1) is 22.6. The molecule has 0 spiro atoms. The molecule has 2 heterocycles. The standard InChI is InChI=1S/C25H24N6O3/c1-31(2)23-14-27-20-8-7-19(18(12-26)25(20)30-23)29-17-6-9-21(22(11-17)32-3)34-15-16-5-10-24(33-4)28-13-16/h5-11,13-14,29H,15H2,1-4H3. The second-order valence-electron chi connectivity index (χ2n) is 7.58. The van der Waals surface area contributed by atoms with Crippen LogP contribution in [0.3, 0.4) is 0 Å². The van der Waals surface area contributed by atoms with E-state index in [4.69, 9.17) is 14.2 Å². The molecule has 9 heteroatoms. The molecule has 0 saturated carbocycles. The van der Waals surface area contributed by atoms with Crippen LogP contribution in [-0.4, -0.2) is 43.3 Å². The Kier molecular flexibility index (Phi) is 6.59. The van der Waals surface area contributed by atoms with Gasteiger partial charge in [0.05, 0.1) is 31.6 Å². The highest BCUT2D eigenvalue weighted by Crippen LogP contribution is 2.34. The van der Waals surface area contributed by atoms with E-state index in [1.54, 1.807) is 32.7 Å². The Hall–Kier alpha value is -4.58. The Bertz CT molecular complexity index is 1350. The molecule has 0 radical (unpaired) electrons. The third kappa shape index (κ3) is 4.76. The zero-order valence-electron chi connectivity index (χ0n) is 19.4. The second-order valence-corrected chi connectivity index (χ2v) is 7.58. The van der Waals surface area contributed by atoms with Crippen molar-refractivity contribution >= 4 is 28.2 Å². The number of hydrogen-bond acceptors (Lipinski definition) is 9. The summed E-state index contributed by atoms with van der Waals surface area (Å²) in [6.45, 7) is 0.330. The van der Waals surface area contributed by atoms with Crippen LogP contribution in [0.25, 0.3) is 11.0 Å². The summed E-state index contributed by atoms with van der Waals surface area (Å²) in [6.07, 6.45) is 3.39. The van der Waals surface area contributed by atoms with Crippen molar-refractivity contribution in [1.82, 2.24) is 15.0 Å². The summed E-state index contributed by atoms with van der Waals surface area (Å²) in [7, 11) is 6.91. The fraction of sp³-hybridized carbons (Fsp3) is 0.200. The van der Waals surface area contributed by atoms with Gasteiger partial charge in [-0.1, -0.05) is 0 Å². The molecule has 172 valence electrons. The number of nitriles is 1. The van der Waals surface area contributed by atoms with E-state index in [2.05, 4.69) is 26.3 Å². The van der Waals surface area contributed by atoms with E-state index < -0.39 is 0 Å².